The molecule has 2 atom stereocenters. The van der Waals surface area contributed by atoms with Crippen molar-refractivity contribution < 1.29 is 24.1 Å². The fourth-order valence-electron chi connectivity index (χ4n) is 5.96. The van der Waals surface area contributed by atoms with Gasteiger partial charge in [-0.15, -0.1) is 0 Å². The van der Waals surface area contributed by atoms with Gasteiger partial charge in [-0.1, -0.05) is 13.3 Å². The number of methoxy groups -OCH3 is 2. The van der Waals surface area contributed by atoms with E-state index in [2.05, 4.69) is 43.6 Å². The Morgan fingerprint density at radius 3 is 2.71 bits per heavy atom. The molecule has 5 rings (SSSR count). The Morgan fingerprint density at radius 1 is 1.19 bits per heavy atom. The molecule has 1 amide bonds. The first-order valence-corrected chi connectivity index (χ1v) is 14.8. The fourth-order valence-corrected chi connectivity index (χ4v) is 5.96. The number of ether oxygens (including phenoxy) is 3. The van der Waals surface area contributed by atoms with E-state index in [4.69, 9.17) is 19.2 Å². The summed E-state index contributed by atoms with van der Waals surface area (Å²) >= 11 is 0. The molecule has 3 aromatic heterocycles. The number of aliphatic hydroxyl groups excluding tert-OH is 1. The zero-order valence-corrected chi connectivity index (χ0v) is 24.7. The summed E-state index contributed by atoms with van der Waals surface area (Å²) in [5.41, 5.74) is 3.16. The molecule has 0 radical (unpaired) electrons. The third-order valence-corrected chi connectivity index (χ3v) is 8.24. The third-order valence-electron chi connectivity index (χ3n) is 8.24. The topological polar surface area (TPSA) is 149 Å². The first kappa shape index (κ1) is 29.9. The summed E-state index contributed by atoms with van der Waals surface area (Å²) in [7, 11) is 2.95. The number of nitrogens with one attached hydrogen (secondary N) is 2. The Morgan fingerprint density at radius 2 is 2.02 bits per heavy atom. The Bertz CT molecular complexity index is 1330. The van der Waals surface area contributed by atoms with Gasteiger partial charge in [0.2, 0.25) is 5.95 Å². The van der Waals surface area contributed by atoms with Gasteiger partial charge < -0.3 is 24.6 Å². The predicted molar refractivity (Wildman–Crippen MR) is 158 cm³/mol. The number of hydrogen-bond donors (Lipinski definition) is 3. The molecular weight excluding hydrogens is 540 g/mol. The van der Waals surface area contributed by atoms with Crippen LogP contribution in [0.1, 0.15) is 62.6 Å². The Hall–Kier alpha value is -3.55. The fraction of sp³-hybridized carbons (Fsp3) is 0.621. The van der Waals surface area contributed by atoms with E-state index in [1.54, 1.807) is 18.0 Å². The van der Waals surface area contributed by atoms with E-state index < -0.39 is 6.09 Å². The van der Waals surface area contributed by atoms with E-state index >= 15 is 0 Å². The molecule has 3 aromatic rings. The van der Waals surface area contributed by atoms with Gasteiger partial charge in [0.05, 0.1) is 33.6 Å². The van der Waals surface area contributed by atoms with Crippen LogP contribution in [0.15, 0.2) is 18.5 Å². The molecule has 42 heavy (non-hydrogen) atoms. The van der Waals surface area contributed by atoms with Crippen molar-refractivity contribution in [1.82, 2.24) is 29.6 Å². The molecule has 2 saturated heterocycles. The van der Waals surface area contributed by atoms with Crippen LogP contribution < -0.4 is 15.4 Å². The number of carbonyl (C=O) groups is 1. The number of aliphatic hydroxyl groups is 1. The second-order valence-corrected chi connectivity index (χ2v) is 10.9. The predicted octanol–water partition coefficient (Wildman–Crippen LogP) is 3.39. The van der Waals surface area contributed by atoms with Gasteiger partial charge in [-0.05, 0) is 62.7 Å². The highest BCUT2D eigenvalue weighted by molar-refractivity contribution is 5.89. The number of nitrogens with zero attached hydrogens (tertiary/aromatic N) is 6. The molecule has 0 bridgehead atoms. The first-order valence-electron chi connectivity index (χ1n) is 14.8. The smallest absolute Gasteiger partial charge is 0.413 e. The zero-order chi connectivity index (χ0) is 29.5. The highest BCUT2D eigenvalue weighted by Crippen LogP contribution is 2.33. The molecule has 2 aliphatic heterocycles. The quantitative estimate of drug-likeness (QED) is 0.288. The maximum absolute atomic E-state index is 11.9. The van der Waals surface area contributed by atoms with Crippen molar-refractivity contribution in [2.75, 3.05) is 57.8 Å². The Labute approximate surface area is 246 Å². The van der Waals surface area contributed by atoms with Gasteiger partial charge in [0.1, 0.15) is 22.5 Å². The maximum Gasteiger partial charge on any atom is 0.413 e. The molecule has 228 valence electrons. The largest absolute Gasteiger partial charge is 0.495 e. The number of rotatable bonds is 12. The molecule has 13 nitrogen and oxygen atoms in total. The SMILES string of the molecule is CCC[C@@H](CCO)Nc1nc(NC(=O)OC)nc2cnn(Cc3ncc(C4CCN(C5CCOC5)CC4)cc3OC)c12. The third kappa shape index (κ3) is 6.90. The molecule has 0 spiro atoms. The van der Waals surface area contributed by atoms with E-state index in [0.29, 0.717) is 47.5 Å². The number of piperidine rings is 1. The van der Waals surface area contributed by atoms with Crippen LogP contribution in [-0.4, -0.2) is 100 Å². The number of pyridine rings is 1. The van der Waals surface area contributed by atoms with Crippen LogP contribution in [0, 0.1) is 0 Å². The Kier molecular flexibility index (Phi) is 10.0. The van der Waals surface area contributed by atoms with Gasteiger partial charge >= 0.3 is 6.09 Å². The van der Waals surface area contributed by atoms with Crippen molar-refractivity contribution in [1.29, 1.82) is 0 Å². The number of likely N-dealkylation sites (tertiary alicyclic amines) is 1. The highest BCUT2D eigenvalue weighted by atomic mass is 16.5. The minimum atomic E-state index is -0.666. The Balaban J connectivity index is 1.38. The number of aromatic nitrogens is 5. The van der Waals surface area contributed by atoms with Gasteiger partial charge in [0.15, 0.2) is 5.82 Å². The molecule has 13 heteroatoms. The van der Waals surface area contributed by atoms with E-state index in [1.807, 2.05) is 6.20 Å². The zero-order valence-electron chi connectivity index (χ0n) is 24.7. The normalized spacial score (nSPS) is 18.7. The summed E-state index contributed by atoms with van der Waals surface area (Å²) in [6, 6.07) is 2.65. The van der Waals surface area contributed by atoms with Crippen LogP contribution in [-0.2, 0) is 16.0 Å². The van der Waals surface area contributed by atoms with Gasteiger partial charge in [-0.3, -0.25) is 19.9 Å². The molecule has 5 heterocycles. The van der Waals surface area contributed by atoms with E-state index in [-0.39, 0.29) is 18.6 Å². The minimum Gasteiger partial charge on any atom is -0.495 e. The standard InChI is InChI=1S/C29H42N8O5/c1-4-5-21(8-12-38)32-27-26-23(33-28(34-27)35-29(39)41-3)16-31-37(26)17-24-25(40-2)14-20(15-30-24)19-6-10-36(11-7-19)22-9-13-42-18-22/h14-16,19,21-22,38H,4-13,17-18H2,1-3H3,(H2,32,33,34,35,39)/t21-,22?/m0/s1. The molecule has 3 N–H and O–H groups in total. The summed E-state index contributed by atoms with van der Waals surface area (Å²) in [6.07, 6.45) is 8.56. The number of amides is 1. The van der Waals surface area contributed by atoms with Crippen molar-refractivity contribution in [2.45, 2.75) is 70.0 Å². The molecule has 2 aliphatic rings. The van der Waals surface area contributed by atoms with Gasteiger partial charge in [0.25, 0.3) is 0 Å². The first-order chi connectivity index (χ1) is 20.5. The monoisotopic (exact) mass is 582 g/mol. The van der Waals surface area contributed by atoms with Crippen LogP contribution in [0.5, 0.6) is 5.75 Å². The molecule has 2 fully saturated rings. The molecular formula is C29H42N8O5. The lowest BCUT2D eigenvalue weighted by molar-refractivity contribution is 0.122. The molecule has 0 aromatic carbocycles. The van der Waals surface area contributed by atoms with Crippen LogP contribution in [0.4, 0.5) is 16.6 Å². The second kappa shape index (κ2) is 14.1. The average molecular weight is 583 g/mol. The number of fused-ring (bicyclic) bond motifs is 1. The minimum absolute atomic E-state index is 0.0213. The summed E-state index contributed by atoms with van der Waals surface area (Å²) in [4.78, 5) is 28.3. The van der Waals surface area contributed by atoms with Crippen molar-refractivity contribution in [3.05, 3.63) is 29.7 Å². The average Bonchev–Trinajstić information content (AvgIpc) is 3.69. The lowest BCUT2D eigenvalue weighted by atomic mass is 9.89. The number of carbonyl (C=O) groups excluding carboxylic acids is 1. The molecule has 1 unspecified atom stereocenters. The van der Waals surface area contributed by atoms with Crippen LogP contribution >= 0.6 is 0 Å². The van der Waals surface area contributed by atoms with Crippen molar-refractivity contribution in [2.24, 2.45) is 0 Å². The van der Waals surface area contributed by atoms with Crippen LogP contribution in [0.3, 0.4) is 0 Å². The van der Waals surface area contributed by atoms with Crippen molar-refractivity contribution >= 4 is 28.9 Å². The lowest BCUT2D eigenvalue weighted by Gasteiger charge is -2.35. The molecule has 0 saturated carbocycles. The van der Waals surface area contributed by atoms with Crippen LogP contribution in [0.2, 0.25) is 0 Å². The van der Waals surface area contributed by atoms with Crippen molar-refractivity contribution in [3.63, 3.8) is 0 Å². The summed E-state index contributed by atoms with van der Waals surface area (Å²) in [5.74, 6) is 1.76. The van der Waals surface area contributed by atoms with E-state index in [9.17, 15) is 9.90 Å². The maximum atomic E-state index is 11.9. The summed E-state index contributed by atoms with van der Waals surface area (Å²) < 4.78 is 17.9. The molecule has 0 aliphatic carbocycles. The number of hydrogen-bond acceptors (Lipinski definition) is 11. The van der Waals surface area contributed by atoms with E-state index in [1.165, 1.54) is 12.7 Å². The lowest BCUT2D eigenvalue weighted by Crippen LogP contribution is -2.41. The van der Waals surface area contributed by atoms with Gasteiger partial charge in [-0.25, -0.2) is 9.78 Å². The highest BCUT2D eigenvalue weighted by Gasteiger charge is 2.29. The summed E-state index contributed by atoms with van der Waals surface area (Å²) in [5, 5.41) is 20.2. The van der Waals surface area contributed by atoms with Gasteiger partial charge in [0, 0.05) is 31.5 Å². The number of anilines is 2. The van der Waals surface area contributed by atoms with Crippen LogP contribution in [0.25, 0.3) is 11.0 Å². The second-order valence-electron chi connectivity index (χ2n) is 10.9. The van der Waals surface area contributed by atoms with E-state index in [0.717, 1.165) is 64.1 Å². The summed E-state index contributed by atoms with van der Waals surface area (Å²) in [6.45, 7) is 6.33. The van der Waals surface area contributed by atoms with Crippen molar-refractivity contribution in [3.8, 4) is 5.75 Å². The van der Waals surface area contributed by atoms with Gasteiger partial charge in [-0.2, -0.15) is 10.1 Å².